The molecule has 0 bridgehead atoms. The van der Waals surface area contributed by atoms with E-state index in [1.54, 1.807) is 12.1 Å². The van der Waals surface area contributed by atoms with E-state index >= 15 is 0 Å². The van der Waals surface area contributed by atoms with E-state index in [0.717, 1.165) is 16.7 Å². The Balaban J connectivity index is 1.72. The van der Waals surface area contributed by atoms with Crippen LogP contribution in [0.4, 0.5) is 0 Å². The Bertz CT molecular complexity index is 880. The van der Waals surface area contributed by atoms with E-state index in [4.69, 9.17) is 4.74 Å². The molecule has 4 nitrogen and oxygen atoms in total. The van der Waals surface area contributed by atoms with Crippen molar-refractivity contribution >= 4 is 5.78 Å². The van der Waals surface area contributed by atoms with Crippen LogP contribution < -0.4 is 4.74 Å². The van der Waals surface area contributed by atoms with Crippen molar-refractivity contribution in [1.29, 1.82) is 0 Å². The molecule has 2 atom stereocenters. The van der Waals surface area contributed by atoms with E-state index < -0.39 is 0 Å². The van der Waals surface area contributed by atoms with Crippen molar-refractivity contribution in [2.24, 2.45) is 0 Å². The largest absolute Gasteiger partial charge is 0.508 e. The molecule has 0 fully saturated rings. The number of ether oxygens (including phenoxy) is 1. The minimum absolute atomic E-state index is 0.0383. The Kier molecular flexibility index (Phi) is 3.57. The molecule has 4 heteroatoms. The second kappa shape index (κ2) is 5.66. The lowest BCUT2D eigenvalue weighted by Gasteiger charge is -2.25. The number of phenolic OH excluding ortho intramolecular Hbond substituents is 2. The summed E-state index contributed by atoms with van der Waals surface area (Å²) in [7, 11) is 0. The molecule has 128 valence electrons. The molecule has 1 aliphatic heterocycles. The van der Waals surface area contributed by atoms with Gasteiger partial charge in [0.25, 0.3) is 0 Å². The van der Waals surface area contributed by atoms with Gasteiger partial charge in [0.05, 0.1) is 5.56 Å². The van der Waals surface area contributed by atoms with Gasteiger partial charge in [-0.2, -0.15) is 0 Å². The van der Waals surface area contributed by atoms with Gasteiger partial charge in [0, 0.05) is 18.4 Å². The monoisotopic (exact) mass is 336 g/mol. The van der Waals surface area contributed by atoms with Crippen molar-refractivity contribution < 1.29 is 19.7 Å². The van der Waals surface area contributed by atoms with Gasteiger partial charge in [-0.05, 0) is 54.2 Å². The molecule has 1 unspecified atom stereocenters. The van der Waals surface area contributed by atoms with Gasteiger partial charge in [0.2, 0.25) is 0 Å². The third-order valence-corrected chi connectivity index (χ3v) is 5.20. The summed E-state index contributed by atoms with van der Waals surface area (Å²) in [6.07, 6.45) is 1.42. The average Bonchev–Trinajstić information content (AvgIpc) is 3.00. The predicted octanol–water partition coefficient (Wildman–Crippen LogP) is 3.89. The Labute approximate surface area is 146 Å². The highest BCUT2D eigenvalue weighted by Crippen LogP contribution is 2.45. The maximum atomic E-state index is 12.7. The third kappa shape index (κ3) is 2.58. The number of hydrogen-bond donors (Lipinski definition) is 2. The Morgan fingerprint density at radius 2 is 1.88 bits per heavy atom. The molecule has 0 spiro atoms. The van der Waals surface area contributed by atoms with Crippen molar-refractivity contribution in [2.45, 2.75) is 38.2 Å². The molecule has 1 heterocycles. The Morgan fingerprint density at radius 3 is 2.56 bits per heavy atom. The van der Waals surface area contributed by atoms with Crippen molar-refractivity contribution in [3.8, 4) is 17.2 Å². The van der Waals surface area contributed by atoms with E-state index in [1.165, 1.54) is 0 Å². The lowest BCUT2D eigenvalue weighted by atomic mass is 9.78. The molecule has 0 saturated heterocycles. The molecule has 25 heavy (non-hydrogen) atoms. The zero-order chi connectivity index (χ0) is 17.7. The van der Waals surface area contributed by atoms with E-state index in [2.05, 4.69) is 6.58 Å². The van der Waals surface area contributed by atoms with E-state index in [1.807, 2.05) is 25.1 Å². The van der Waals surface area contributed by atoms with Gasteiger partial charge in [0.15, 0.2) is 5.78 Å². The average molecular weight is 336 g/mol. The van der Waals surface area contributed by atoms with Gasteiger partial charge >= 0.3 is 0 Å². The minimum atomic E-state index is -0.146. The molecule has 0 amide bonds. The van der Waals surface area contributed by atoms with E-state index in [0.29, 0.717) is 36.1 Å². The molecule has 2 aliphatic rings. The first-order chi connectivity index (χ1) is 11.9. The maximum Gasteiger partial charge on any atom is 0.167 e. The number of hydrogen-bond acceptors (Lipinski definition) is 4. The highest BCUT2D eigenvalue weighted by atomic mass is 16.5. The van der Waals surface area contributed by atoms with Crippen LogP contribution in [-0.2, 0) is 12.8 Å². The van der Waals surface area contributed by atoms with Gasteiger partial charge in [-0.25, -0.2) is 0 Å². The number of carbonyl (C=O) groups is 1. The summed E-state index contributed by atoms with van der Waals surface area (Å²) in [5.74, 6) is 0.935. The van der Waals surface area contributed by atoms with Crippen LogP contribution in [0, 0.1) is 0 Å². The van der Waals surface area contributed by atoms with Gasteiger partial charge in [-0.3, -0.25) is 4.79 Å². The normalized spacial score (nSPS) is 21.4. The molecular formula is C21H20O4. The zero-order valence-electron chi connectivity index (χ0n) is 14.1. The molecule has 0 saturated carbocycles. The standard InChI is InChI=1S/C21H20O4/c1-11(2)18-10-16-19(25-18)9-14-7-13(8-17(23)20(14)21(16)24)12-3-5-15(22)6-4-12/h3-6,9,13,18,22,24H,1,7-8,10H2,2H3/t13-,18?/m1/s1. The first-order valence-corrected chi connectivity index (χ1v) is 8.46. The number of carbonyl (C=O) groups excluding carboxylic acids is 1. The van der Waals surface area contributed by atoms with Gasteiger partial charge < -0.3 is 14.9 Å². The molecular weight excluding hydrogens is 316 g/mol. The van der Waals surface area contributed by atoms with Crippen molar-refractivity contribution in [3.63, 3.8) is 0 Å². The van der Waals surface area contributed by atoms with Gasteiger partial charge in [-0.1, -0.05) is 18.7 Å². The number of Topliss-reactive ketones (excluding diaryl/α,β-unsaturated/α-hetero) is 1. The quantitative estimate of drug-likeness (QED) is 0.817. The molecule has 4 rings (SSSR count). The number of benzene rings is 2. The number of rotatable bonds is 2. The molecule has 0 aromatic heterocycles. The smallest absolute Gasteiger partial charge is 0.167 e. The maximum absolute atomic E-state index is 12.7. The van der Waals surface area contributed by atoms with Gasteiger partial charge in [0.1, 0.15) is 23.4 Å². The second-order valence-electron chi connectivity index (χ2n) is 7.01. The number of phenols is 2. The second-order valence-corrected chi connectivity index (χ2v) is 7.01. The first kappa shape index (κ1) is 15.8. The lowest BCUT2D eigenvalue weighted by molar-refractivity contribution is 0.0961. The summed E-state index contributed by atoms with van der Waals surface area (Å²) in [5, 5.41) is 20.1. The molecule has 2 N–H and O–H groups in total. The van der Waals surface area contributed by atoms with E-state index in [9.17, 15) is 15.0 Å². The lowest BCUT2D eigenvalue weighted by Crippen LogP contribution is -2.19. The highest BCUT2D eigenvalue weighted by Gasteiger charge is 2.35. The van der Waals surface area contributed by atoms with Crippen LogP contribution in [0.15, 0.2) is 42.5 Å². The third-order valence-electron chi connectivity index (χ3n) is 5.20. The van der Waals surface area contributed by atoms with Crippen LogP contribution in [0.3, 0.4) is 0 Å². The van der Waals surface area contributed by atoms with Crippen LogP contribution in [0.25, 0.3) is 0 Å². The summed E-state index contributed by atoms with van der Waals surface area (Å²) in [6, 6.07) is 8.86. The van der Waals surface area contributed by atoms with E-state index in [-0.39, 0.29) is 29.3 Å². The molecule has 2 aromatic rings. The predicted molar refractivity (Wildman–Crippen MR) is 94.5 cm³/mol. The fraction of sp³-hybridized carbons (Fsp3) is 0.286. The molecule has 0 radical (unpaired) electrons. The SMILES string of the molecule is C=C(C)C1Cc2c(cc3c(c2O)C(=O)C[C@H](c2ccc(O)cc2)C3)O1. The summed E-state index contributed by atoms with van der Waals surface area (Å²) in [6.45, 7) is 5.83. The van der Waals surface area contributed by atoms with Crippen molar-refractivity contribution in [1.82, 2.24) is 0 Å². The van der Waals surface area contributed by atoms with Crippen molar-refractivity contribution in [2.75, 3.05) is 0 Å². The van der Waals surface area contributed by atoms with Crippen molar-refractivity contribution in [3.05, 3.63) is 64.7 Å². The van der Waals surface area contributed by atoms with Crippen LogP contribution in [0.5, 0.6) is 17.2 Å². The zero-order valence-corrected chi connectivity index (χ0v) is 14.1. The summed E-state index contributed by atoms with van der Waals surface area (Å²) in [4.78, 5) is 12.7. The number of ketones is 1. The fourth-order valence-electron chi connectivity index (χ4n) is 3.81. The Hall–Kier alpha value is -2.75. The summed E-state index contributed by atoms with van der Waals surface area (Å²) < 4.78 is 5.90. The number of fused-ring (bicyclic) bond motifs is 2. The summed E-state index contributed by atoms with van der Waals surface area (Å²) in [5.41, 5.74) is 3.90. The molecule has 1 aliphatic carbocycles. The van der Waals surface area contributed by atoms with Crippen LogP contribution >= 0.6 is 0 Å². The van der Waals surface area contributed by atoms with Crippen LogP contribution in [0.1, 0.15) is 46.3 Å². The molecule has 2 aromatic carbocycles. The van der Waals surface area contributed by atoms with Gasteiger partial charge in [-0.15, -0.1) is 0 Å². The minimum Gasteiger partial charge on any atom is -0.508 e. The van der Waals surface area contributed by atoms with Crippen LogP contribution in [-0.4, -0.2) is 22.1 Å². The summed E-state index contributed by atoms with van der Waals surface area (Å²) >= 11 is 0. The highest BCUT2D eigenvalue weighted by molar-refractivity contribution is 6.02. The fourth-order valence-corrected chi connectivity index (χ4v) is 3.81. The first-order valence-electron chi connectivity index (χ1n) is 8.46. The van der Waals surface area contributed by atoms with Crippen LogP contribution in [0.2, 0.25) is 0 Å². The Morgan fingerprint density at radius 1 is 1.16 bits per heavy atom. The number of aromatic hydroxyl groups is 2. The topological polar surface area (TPSA) is 66.8 Å².